The van der Waals surface area contributed by atoms with Gasteiger partial charge in [0.2, 0.25) is 5.91 Å². The highest BCUT2D eigenvalue weighted by atomic mass is 16.2. The first-order valence-corrected chi connectivity index (χ1v) is 9.16. The number of likely N-dealkylation sites (tertiary alicyclic amines) is 1. The van der Waals surface area contributed by atoms with Crippen LogP contribution in [-0.4, -0.2) is 43.5 Å². The molecule has 0 spiro atoms. The lowest BCUT2D eigenvalue weighted by molar-refractivity contribution is -0.128. The van der Waals surface area contributed by atoms with E-state index in [9.17, 15) is 9.59 Å². The molecule has 28 heavy (non-hydrogen) atoms. The van der Waals surface area contributed by atoms with Gasteiger partial charge < -0.3 is 10.2 Å². The number of benzene rings is 2. The summed E-state index contributed by atoms with van der Waals surface area (Å²) in [6, 6.07) is 15.0. The lowest BCUT2D eigenvalue weighted by atomic mass is 10.1. The monoisotopic (exact) mass is 376 g/mol. The van der Waals surface area contributed by atoms with E-state index in [-0.39, 0.29) is 11.8 Å². The highest BCUT2D eigenvalue weighted by Gasteiger charge is 2.19. The first-order valence-electron chi connectivity index (χ1n) is 9.16. The van der Waals surface area contributed by atoms with Crippen molar-refractivity contribution < 1.29 is 9.59 Å². The summed E-state index contributed by atoms with van der Waals surface area (Å²) in [4.78, 5) is 25.9. The number of aromatic nitrogens is 4. The second-order valence-corrected chi connectivity index (χ2v) is 6.72. The van der Waals surface area contributed by atoms with Crippen LogP contribution in [0.4, 0.5) is 0 Å². The van der Waals surface area contributed by atoms with Crippen molar-refractivity contribution in [2.45, 2.75) is 25.9 Å². The van der Waals surface area contributed by atoms with Crippen molar-refractivity contribution in [3.05, 3.63) is 71.5 Å². The molecule has 1 fully saturated rings. The number of nitrogens with one attached hydrogen (secondary N) is 1. The van der Waals surface area contributed by atoms with E-state index in [1.807, 2.05) is 29.2 Å². The van der Waals surface area contributed by atoms with E-state index in [0.717, 1.165) is 29.8 Å². The fraction of sp³-hybridized carbons (Fsp3) is 0.250. The molecule has 0 atom stereocenters. The molecule has 0 saturated carbocycles. The van der Waals surface area contributed by atoms with Gasteiger partial charge in [-0.05, 0) is 52.2 Å². The number of carbonyl (C=O) groups is 2. The lowest BCUT2D eigenvalue weighted by Gasteiger charge is -2.15. The Kier molecular flexibility index (Phi) is 5.09. The summed E-state index contributed by atoms with van der Waals surface area (Å²) in [6.07, 6.45) is 3.10. The van der Waals surface area contributed by atoms with Gasteiger partial charge in [-0.2, -0.15) is 0 Å². The predicted molar refractivity (Wildman–Crippen MR) is 101 cm³/mol. The van der Waals surface area contributed by atoms with E-state index in [0.29, 0.717) is 25.1 Å². The first kappa shape index (κ1) is 17.8. The first-order chi connectivity index (χ1) is 13.7. The van der Waals surface area contributed by atoms with Gasteiger partial charge in [-0.1, -0.05) is 24.3 Å². The van der Waals surface area contributed by atoms with Gasteiger partial charge in [-0.25, -0.2) is 4.68 Å². The van der Waals surface area contributed by atoms with E-state index >= 15 is 0 Å². The minimum absolute atomic E-state index is 0.144. The van der Waals surface area contributed by atoms with Crippen molar-refractivity contribution in [3.8, 4) is 5.69 Å². The zero-order chi connectivity index (χ0) is 19.3. The van der Waals surface area contributed by atoms with Crippen molar-refractivity contribution in [2.75, 3.05) is 6.54 Å². The maximum atomic E-state index is 12.3. The molecule has 4 rings (SSSR count). The van der Waals surface area contributed by atoms with E-state index in [1.54, 1.807) is 24.3 Å². The van der Waals surface area contributed by atoms with E-state index in [1.165, 1.54) is 11.0 Å². The molecule has 2 amide bonds. The third kappa shape index (κ3) is 4.06. The molecule has 0 bridgehead atoms. The maximum absolute atomic E-state index is 12.3. The molecule has 0 aliphatic carbocycles. The molecule has 1 aliphatic rings. The summed E-state index contributed by atoms with van der Waals surface area (Å²) < 4.78 is 1.53. The predicted octanol–water partition coefficient (Wildman–Crippen LogP) is 1.71. The Balaban J connectivity index is 1.31. The minimum Gasteiger partial charge on any atom is -0.348 e. The number of hydrogen-bond acceptors (Lipinski definition) is 5. The zero-order valence-corrected chi connectivity index (χ0v) is 15.3. The Morgan fingerprint density at radius 1 is 1.04 bits per heavy atom. The normalized spacial score (nSPS) is 13.7. The van der Waals surface area contributed by atoms with Crippen LogP contribution in [0, 0.1) is 0 Å². The minimum atomic E-state index is -0.144. The average Bonchev–Trinajstić information content (AvgIpc) is 3.40. The molecule has 1 aromatic heterocycles. The number of hydrogen-bond donors (Lipinski definition) is 1. The molecule has 2 heterocycles. The van der Waals surface area contributed by atoms with Crippen LogP contribution < -0.4 is 5.32 Å². The van der Waals surface area contributed by atoms with Crippen molar-refractivity contribution >= 4 is 11.8 Å². The molecule has 1 saturated heterocycles. The van der Waals surface area contributed by atoms with Gasteiger partial charge in [0, 0.05) is 31.6 Å². The maximum Gasteiger partial charge on any atom is 0.251 e. The van der Waals surface area contributed by atoms with Gasteiger partial charge in [0.25, 0.3) is 5.91 Å². The number of tetrazole rings is 1. The standard InChI is InChI=1S/C20H20N6O2/c27-19-2-1-11-25(19)13-16-5-3-15(4-6-16)12-21-20(28)17-7-9-18(10-8-17)26-14-22-23-24-26/h3-10,14H,1-2,11-13H2,(H,21,28). The number of nitrogens with zero attached hydrogens (tertiary/aromatic N) is 5. The van der Waals surface area contributed by atoms with Crippen molar-refractivity contribution in [2.24, 2.45) is 0 Å². The van der Waals surface area contributed by atoms with Gasteiger partial charge in [-0.3, -0.25) is 9.59 Å². The van der Waals surface area contributed by atoms with Crippen LogP contribution in [0.3, 0.4) is 0 Å². The molecule has 1 aliphatic heterocycles. The quantitative estimate of drug-likeness (QED) is 0.707. The zero-order valence-electron chi connectivity index (χ0n) is 15.3. The Hall–Kier alpha value is -3.55. The van der Waals surface area contributed by atoms with Crippen molar-refractivity contribution in [1.82, 2.24) is 30.4 Å². The molecule has 0 radical (unpaired) electrons. The van der Waals surface area contributed by atoms with Crippen LogP contribution in [0.15, 0.2) is 54.9 Å². The summed E-state index contributed by atoms with van der Waals surface area (Å²) in [6.45, 7) is 1.93. The molecule has 3 aromatic rings. The SMILES string of the molecule is O=C(NCc1ccc(CN2CCCC2=O)cc1)c1ccc(-n2cnnn2)cc1. The third-order valence-electron chi connectivity index (χ3n) is 4.76. The third-order valence-corrected chi connectivity index (χ3v) is 4.76. The van der Waals surface area contributed by atoms with Crippen LogP contribution in [0.1, 0.15) is 34.3 Å². The summed E-state index contributed by atoms with van der Waals surface area (Å²) in [5.74, 6) is 0.0810. The molecule has 142 valence electrons. The molecule has 1 N–H and O–H groups in total. The van der Waals surface area contributed by atoms with E-state index in [4.69, 9.17) is 0 Å². The van der Waals surface area contributed by atoms with Gasteiger partial charge in [-0.15, -0.1) is 5.10 Å². The van der Waals surface area contributed by atoms with E-state index in [2.05, 4.69) is 20.8 Å². The fourth-order valence-electron chi connectivity index (χ4n) is 3.18. The van der Waals surface area contributed by atoms with Crippen LogP contribution in [-0.2, 0) is 17.9 Å². The lowest BCUT2D eigenvalue weighted by Crippen LogP contribution is -2.24. The van der Waals surface area contributed by atoms with Gasteiger partial charge >= 0.3 is 0 Å². The molecular formula is C20H20N6O2. The van der Waals surface area contributed by atoms with Crippen LogP contribution in [0.5, 0.6) is 0 Å². The molecular weight excluding hydrogens is 356 g/mol. The van der Waals surface area contributed by atoms with E-state index < -0.39 is 0 Å². The average molecular weight is 376 g/mol. The Morgan fingerprint density at radius 2 is 1.79 bits per heavy atom. The Morgan fingerprint density at radius 3 is 2.43 bits per heavy atom. The smallest absolute Gasteiger partial charge is 0.251 e. The van der Waals surface area contributed by atoms with Gasteiger partial charge in [0.15, 0.2) is 0 Å². The summed E-state index contributed by atoms with van der Waals surface area (Å²) in [7, 11) is 0. The Bertz CT molecular complexity index is 951. The second-order valence-electron chi connectivity index (χ2n) is 6.72. The molecule has 8 heteroatoms. The highest BCUT2D eigenvalue weighted by molar-refractivity contribution is 5.94. The molecule has 0 unspecified atom stereocenters. The van der Waals surface area contributed by atoms with Crippen LogP contribution >= 0.6 is 0 Å². The molecule has 8 nitrogen and oxygen atoms in total. The number of rotatable bonds is 6. The molecule has 2 aromatic carbocycles. The summed E-state index contributed by atoms with van der Waals surface area (Å²) >= 11 is 0. The van der Waals surface area contributed by atoms with Crippen molar-refractivity contribution in [3.63, 3.8) is 0 Å². The van der Waals surface area contributed by atoms with Gasteiger partial charge in [0.1, 0.15) is 6.33 Å². The fourth-order valence-corrected chi connectivity index (χ4v) is 3.18. The van der Waals surface area contributed by atoms with Crippen molar-refractivity contribution in [1.29, 1.82) is 0 Å². The topological polar surface area (TPSA) is 93.0 Å². The Labute approximate surface area is 162 Å². The second kappa shape index (κ2) is 7.99. The summed E-state index contributed by atoms with van der Waals surface area (Å²) in [5, 5.41) is 13.9. The number of carbonyl (C=O) groups excluding carboxylic acids is 2. The number of amides is 2. The van der Waals surface area contributed by atoms with Crippen LogP contribution in [0.25, 0.3) is 5.69 Å². The van der Waals surface area contributed by atoms with Crippen LogP contribution in [0.2, 0.25) is 0 Å². The largest absolute Gasteiger partial charge is 0.348 e. The summed E-state index contributed by atoms with van der Waals surface area (Å²) in [5.41, 5.74) is 3.47. The highest BCUT2D eigenvalue weighted by Crippen LogP contribution is 2.15. The van der Waals surface area contributed by atoms with Gasteiger partial charge in [0.05, 0.1) is 5.69 Å².